The van der Waals surface area contributed by atoms with Gasteiger partial charge in [0.15, 0.2) is 0 Å². The molecule has 12 nitrogen and oxygen atoms in total. The van der Waals surface area contributed by atoms with Gasteiger partial charge < -0.3 is 15.3 Å². The molecule has 0 aromatic carbocycles. The lowest BCUT2D eigenvalue weighted by molar-refractivity contribution is 0.453. The molecule has 0 bridgehead atoms. The summed E-state index contributed by atoms with van der Waals surface area (Å²) >= 11 is 3.53. The van der Waals surface area contributed by atoms with Crippen LogP contribution in [-0.2, 0) is 7.05 Å². The van der Waals surface area contributed by atoms with E-state index >= 15 is 0 Å². The Balaban J connectivity index is 0.000000150. The van der Waals surface area contributed by atoms with E-state index in [4.69, 9.17) is 4.98 Å². The van der Waals surface area contributed by atoms with Crippen LogP contribution in [0, 0.1) is 0 Å². The second kappa shape index (κ2) is 17.7. The van der Waals surface area contributed by atoms with Crippen molar-refractivity contribution < 1.29 is 0 Å². The highest BCUT2D eigenvalue weighted by Gasteiger charge is 2.20. The van der Waals surface area contributed by atoms with Crippen molar-refractivity contribution in [2.24, 2.45) is 7.05 Å². The summed E-state index contributed by atoms with van der Waals surface area (Å²) in [4.78, 5) is 21.1. The second-order valence-electron chi connectivity index (χ2n) is 14.9. The Kier molecular flexibility index (Phi) is 11.6. The fraction of sp³-hybridized carbons (Fsp3) is 0.234. The van der Waals surface area contributed by atoms with Gasteiger partial charge in [0, 0.05) is 91.9 Å². The number of allylic oxidation sites excluding steroid dienone is 2. The summed E-state index contributed by atoms with van der Waals surface area (Å²) in [6.07, 6.45) is 16.8. The molecule has 9 aromatic rings. The first-order valence-electron chi connectivity index (χ1n) is 20.8. The molecule has 2 aliphatic heterocycles. The number of H-pyrrole nitrogens is 4. The number of thioether (sulfide) groups is 1. The highest BCUT2D eigenvalue weighted by Crippen LogP contribution is 2.36. The number of piperidine rings is 1. The van der Waals surface area contributed by atoms with E-state index in [2.05, 4.69) is 104 Å². The number of nitrogens with one attached hydrogen (secondary N) is 5. The van der Waals surface area contributed by atoms with Gasteiger partial charge in [-0.1, -0.05) is 26.5 Å². The Morgan fingerprint density at radius 3 is 2.25 bits per heavy atom. The zero-order valence-corrected chi connectivity index (χ0v) is 36.3. The summed E-state index contributed by atoms with van der Waals surface area (Å²) in [6, 6.07) is 12.7. The van der Waals surface area contributed by atoms with Gasteiger partial charge in [-0.3, -0.25) is 29.8 Å². The number of hydrogen-bond donors (Lipinski definition) is 5. The van der Waals surface area contributed by atoms with Gasteiger partial charge in [0.05, 0.1) is 46.0 Å². The zero-order valence-electron chi connectivity index (χ0n) is 34.7. The molecule has 11 rings (SSSR count). The van der Waals surface area contributed by atoms with Gasteiger partial charge in [-0.25, -0.2) is 0 Å². The van der Waals surface area contributed by atoms with Gasteiger partial charge in [-0.15, -0.1) is 11.8 Å². The Hall–Kier alpha value is -6.35. The van der Waals surface area contributed by atoms with E-state index < -0.39 is 0 Å². The van der Waals surface area contributed by atoms with Crippen LogP contribution in [0.3, 0.4) is 0 Å². The van der Waals surface area contributed by atoms with Gasteiger partial charge >= 0.3 is 0 Å². The maximum Gasteiger partial charge on any atom is 0.116 e. The highest BCUT2D eigenvalue weighted by atomic mass is 32.2. The van der Waals surface area contributed by atoms with E-state index in [0.29, 0.717) is 5.92 Å². The minimum Gasteiger partial charge on any atom is -0.353 e. The molecule has 9 aromatic heterocycles. The number of thiophene rings is 1. The SMILES string of the molecule is C=C(/C=c1/c(-c2cc3c(C4=CSCC4)nccc3[nH]2)n[nH]/c1=C/C)c1cnn(C)c1.CC.c1cc2[nH]c(-c3n[nH]c4cnc(C5CCNCC5)cc34)cc2c(-c2ccsc2)n1. The molecule has 1 saturated heterocycles. The average molecular weight is 845 g/mol. The molecule has 2 aliphatic rings. The molecule has 0 radical (unpaired) electrons. The first kappa shape index (κ1) is 40.1. The average Bonchev–Trinajstić information content (AvgIpc) is 4.16. The largest absolute Gasteiger partial charge is 0.353 e. The number of rotatable bonds is 7. The van der Waals surface area contributed by atoms with Crippen LogP contribution in [0.5, 0.6) is 0 Å². The van der Waals surface area contributed by atoms with Gasteiger partial charge in [0.25, 0.3) is 0 Å². The molecule has 308 valence electrons. The van der Waals surface area contributed by atoms with E-state index in [-0.39, 0.29) is 0 Å². The van der Waals surface area contributed by atoms with Crippen molar-refractivity contribution in [3.05, 3.63) is 118 Å². The summed E-state index contributed by atoms with van der Waals surface area (Å²) in [5, 5.41) is 35.0. The van der Waals surface area contributed by atoms with Gasteiger partial charge in [-0.2, -0.15) is 26.6 Å². The van der Waals surface area contributed by atoms with Crippen molar-refractivity contribution >= 4 is 79.1 Å². The highest BCUT2D eigenvalue weighted by molar-refractivity contribution is 8.02. The minimum absolute atomic E-state index is 0.514. The van der Waals surface area contributed by atoms with Crippen molar-refractivity contribution in [1.29, 1.82) is 0 Å². The fourth-order valence-electron chi connectivity index (χ4n) is 8.07. The predicted octanol–water partition coefficient (Wildman–Crippen LogP) is 9.18. The first-order chi connectivity index (χ1) is 30.0. The van der Waals surface area contributed by atoms with Crippen LogP contribution in [0.25, 0.3) is 90.0 Å². The number of pyridine rings is 3. The third-order valence-electron chi connectivity index (χ3n) is 11.2. The van der Waals surface area contributed by atoms with Gasteiger partial charge in [0.1, 0.15) is 11.4 Å². The number of aromatic nitrogens is 11. The minimum atomic E-state index is 0.514. The van der Waals surface area contributed by atoms with Crippen LogP contribution in [0.15, 0.2) is 90.1 Å². The molecule has 11 heterocycles. The van der Waals surface area contributed by atoms with Gasteiger partial charge in [0.2, 0.25) is 0 Å². The lowest BCUT2D eigenvalue weighted by Gasteiger charge is -2.22. The Morgan fingerprint density at radius 1 is 0.836 bits per heavy atom. The fourth-order valence-corrected chi connectivity index (χ4v) is 9.60. The summed E-state index contributed by atoms with van der Waals surface area (Å²) < 4.78 is 1.78. The topological polar surface area (TPSA) is 157 Å². The van der Waals surface area contributed by atoms with Crippen LogP contribution >= 0.6 is 23.1 Å². The smallest absolute Gasteiger partial charge is 0.116 e. The molecular weight excluding hydrogens is 797 g/mol. The summed E-state index contributed by atoms with van der Waals surface area (Å²) in [6.45, 7) is 12.4. The maximum absolute atomic E-state index is 4.71. The van der Waals surface area contributed by atoms with E-state index in [0.717, 1.165) is 132 Å². The summed E-state index contributed by atoms with van der Waals surface area (Å²) in [5.74, 6) is 1.63. The number of aryl methyl sites for hydroxylation is 1. The molecule has 0 saturated carbocycles. The standard InChI is InChI=1S/C23H22N6S.C22H20N6S.C2H6/c1-4-19-17(9-14(2)16-11-25-29(3)12-16)23(28-27-19)21-10-18-20(26-21)5-7-24-22(18)15-6-8-30-13-15;1-5-23-6-2-13(1)18-9-16-20(11-25-18)27-28-22(16)19-10-15-17(26-19)3-7-24-21(15)14-4-8-29-12-14;1-2/h4-5,7,9-13,26-27H,2,6,8H2,1,3H3;3-4,7-13,23,26H,1-2,5-6H2,(H,27,28);1-2H3/b17-9+,19-4+;;. The molecule has 0 aliphatic carbocycles. The van der Waals surface area contributed by atoms with E-state index in [9.17, 15) is 0 Å². The number of hydrogen-bond acceptors (Lipinski definition) is 9. The maximum atomic E-state index is 4.71. The predicted molar refractivity (Wildman–Crippen MR) is 253 cm³/mol. The van der Waals surface area contributed by atoms with Crippen molar-refractivity contribution in [3.8, 4) is 34.0 Å². The normalized spacial score (nSPS) is 15.0. The molecule has 0 unspecified atom stereocenters. The van der Waals surface area contributed by atoms with Gasteiger partial charge in [-0.05, 0) is 104 Å². The Bertz CT molecular complexity index is 3130. The van der Waals surface area contributed by atoms with Crippen molar-refractivity contribution in [2.75, 3.05) is 18.8 Å². The summed E-state index contributed by atoms with van der Waals surface area (Å²) in [7, 11) is 1.90. The monoisotopic (exact) mass is 844 g/mol. The van der Waals surface area contributed by atoms with Crippen LogP contribution < -0.4 is 15.9 Å². The Morgan fingerprint density at radius 2 is 1.56 bits per heavy atom. The quantitative estimate of drug-likeness (QED) is 0.106. The van der Waals surface area contributed by atoms with Crippen molar-refractivity contribution in [2.45, 2.75) is 46.0 Å². The van der Waals surface area contributed by atoms with E-state index in [1.165, 1.54) is 11.3 Å². The third-order valence-corrected chi connectivity index (χ3v) is 12.7. The van der Waals surface area contributed by atoms with E-state index in [1.807, 2.05) is 88.8 Å². The lowest BCUT2D eigenvalue weighted by Crippen LogP contribution is -2.27. The molecule has 14 heteroatoms. The number of aromatic amines is 4. The molecule has 0 spiro atoms. The molecule has 61 heavy (non-hydrogen) atoms. The van der Waals surface area contributed by atoms with Crippen LogP contribution in [-0.4, -0.2) is 73.9 Å². The zero-order chi connectivity index (χ0) is 41.9. The van der Waals surface area contributed by atoms with E-state index in [1.54, 1.807) is 16.0 Å². The van der Waals surface area contributed by atoms with Crippen LogP contribution in [0.2, 0.25) is 0 Å². The van der Waals surface area contributed by atoms with Crippen molar-refractivity contribution in [1.82, 2.24) is 60.4 Å². The Labute approximate surface area is 361 Å². The lowest BCUT2D eigenvalue weighted by atomic mass is 9.93. The third kappa shape index (κ3) is 8.01. The van der Waals surface area contributed by atoms with Crippen LogP contribution in [0.4, 0.5) is 0 Å². The summed E-state index contributed by atoms with van der Waals surface area (Å²) in [5.41, 5.74) is 14.4. The number of nitrogens with zero attached hydrogens (tertiary/aromatic N) is 7. The second-order valence-corrected chi connectivity index (χ2v) is 16.7. The molecule has 5 N–H and O–H groups in total. The molecular formula is C47H48N12S2. The molecule has 0 amide bonds. The van der Waals surface area contributed by atoms with Crippen LogP contribution in [0.1, 0.15) is 62.9 Å². The molecule has 0 atom stereocenters. The number of fused-ring (bicyclic) bond motifs is 3. The van der Waals surface area contributed by atoms with Crippen molar-refractivity contribution in [3.63, 3.8) is 0 Å². The first-order valence-corrected chi connectivity index (χ1v) is 22.7. The molecule has 1 fully saturated rings.